The van der Waals surface area contributed by atoms with Gasteiger partial charge in [-0.3, -0.25) is 4.79 Å². The first-order valence-electron chi connectivity index (χ1n) is 8.88. The summed E-state index contributed by atoms with van der Waals surface area (Å²) in [6, 6.07) is 0. The van der Waals surface area contributed by atoms with Crippen molar-refractivity contribution < 1.29 is 38.1 Å². The fraction of sp³-hybridized carbons (Fsp3) is 0.941. The molecule has 0 rings (SSSR count). The zero-order chi connectivity index (χ0) is 19.5. The lowest BCUT2D eigenvalue weighted by molar-refractivity contribution is -0.156. The van der Waals surface area contributed by atoms with E-state index in [0.717, 1.165) is 0 Å². The van der Waals surface area contributed by atoms with E-state index in [1.165, 1.54) is 0 Å². The van der Waals surface area contributed by atoms with Crippen LogP contribution in [0.15, 0.2) is 0 Å². The molecular weight excluding hydrogens is 346 g/mol. The Kier molecular flexibility index (Phi) is 17.0. The summed E-state index contributed by atoms with van der Waals surface area (Å²) in [6.07, 6.45) is 0.242. The summed E-state index contributed by atoms with van der Waals surface area (Å²) in [5.41, 5.74) is -0.459. The fourth-order valence-corrected chi connectivity index (χ4v) is 1.64. The molecule has 0 aromatic rings. The molecule has 26 heavy (non-hydrogen) atoms. The third-order valence-corrected chi connectivity index (χ3v) is 2.70. The fourth-order valence-electron chi connectivity index (χ4n) is 1.64. The van der Waals surface area contributed by atoms with Gasteiger partial charge < -0.3 is 33.3 Å². The molecule has 0 aromatic carbocycles. The number of esters is 1. The van der Waals surface area contributed by atoms with Crippen molar-refractivity contribution in [2.24, 2.45) is 5.90 Å². The molecule has 0 unspecified atom stereocenters. The minimum absolute atomic E-state index is 0.242. The molecule has 0 spiro atoms. The third kappa shape index (κ3) is 21.2. The Balaban J connectivity index is 3.12. The number of nitrogens with two attached hydrogens (primary N) is 1. The van der Waals surface area contributed by atoms with Crippen LogP contribution in [0.1, 0.15) is 27.2 Å². The maximum Gasteiger partial charge on any atom is 0.308 e. The second-order valence-corrected chi connectivity index (χ2v) is 6.27. The van der Waals surface area contributed by atoms with Crippen molar-refractivity contribution in [3.05, 3.63) is 0 Å². The van der Waals surface area contributed by atoms with Gasteiger partial charge in [-0.05, 0) is 20.8 Å². The highest BCUT2D eigenvalue weighted by Gasteiger charge is 2.15. The van der Waals surface area contributed by atoms with Crippen molar-refractivity contribution in [2.45, 2.75) is 32.8 Å². The van der Waals surface area contributed by atoms with Crippen LogP contribution in [0.2, 0.25) is 0 Å². The first-order chi connectivity index (χ1) is 12.5. The lowest BCUT2D eigenvalue weighted by atomic mass is 10.2. The molecule has 0 fully saturated rings. The maximum atomic E-state index is 11.4. The highest BCUT2D eigenvalue weighted by atomic mass is 16.6. The van der Waals surface area contributed by atoms with Crippen molar-refractivity contribution in [2.75, 3.05) is 72.7 Å². The standard InChI is InChI=1S/C17H35NO8/c1-17(2,3)26-16(19)4-5-20-6-7-21-8-9-22-10-11-23-12-13-24-14-15-25-18/h4-15,18H2,1-3H3. The van der Waals surface area contributed by atoms with Crippen LogP contribution in [-0.4, -0.2) is 84.2 Å². The second kappa shape index (κ2) is 17.6. The Labute approximate surface area is 156 Å². The van der Waals surface area contributed by atoms with E-state index < -0.39 is 5.60 Å². The van der Waals surface area contributed by atoms with Crippen LogP contribution < -0.4 is 5.90 Å². The lowest BCUT2D eigenvalue weighted by Gasteiger charge is -2.19. The summed E-state index contributed by atoms with van der Waals surface area (Å²) in [5, 5.41) is 0. The van der Waals surface area contributed by atoms with E-state index in [9.17, 15) is 4.79 Å². The predicted octanol–water partition coefficient (Wildman–Crippen LogP) is 0.692. The van der Waals surface area contributed by atoms with Gasteiger partial charge in [0, 0.05) is 0 Å². The van der Waals surface area contributed by atoms with Crippen molar-refractivity contribution in [3.8, 4) is 0 Å². The van der Waals surface area contributed by atoms with Crippen molar-refractivity contribution in [3.63, 3.8) is 0 Å². The molecule has 0 bridgehead atoms. The molecule has 0 aliphatic carbocycles. The summed E-state index contributed by atoms with van der Waals surface area (Å²) < 4.78 is 31.7. The van der Waals surface area contributed by atoms with E-state index in [-0.39, 0.29) is 12.4 Å². The number of hydrogen-bond donors (Lipinski definition) is 1. The molecular formula is C17H35NO8. The van der Waals surface area contributed by atoms with Gasteiger partial charge in [-0.15, -0.1) is 0 Å². The average molecular weight is 381 g/mol. The topological polar surface area (TPSA) is 108 Å². The number of carbonyl (C=O) groups excluding carboxylic acids is 1. The minimum Gasteiger partial charge on any atom is -0.460 e. The van der Waals surface area contributed by atoms with Gasteiger partial charge in [0.1, 0.15) is 5.60 Å². The molecule has 2 N–H and O–H groups in total. The third-order valence-electron chi connectivity index (χ3n) is 2.70. The van der Waals surface area contributed by atoms with Crippen LogP contribution >= 0.6 is 0 Å². The van der Waals surface area contributed by atoms with E-state index in [2.05, 4.69) is 4.84 Å². The van der Waals surface area contributed by atoms with Gasteiger partial charge in [0.2, 0.25) is 0 Å². The van der Waals surface area contributed by atoms with Gasteiger partial charge in [-0.25, -0.2) is 5.90 Å². The second-order valence-electron chi connectivity index (χ2n) is 6.27. The van der Waals surface area contributed by atoms with E-state index in [1.807, 2.05) is 20.8 Å². The molecule has 156 valence electrons. The maximum absolute atomic E-state index is 11.4. The average Bonchev–Trinajstić information content (AvgIpc) is 2.56. The van der Waals surface area contributed by atoms with Crippen molar-refractivity contribution in [1.82, 2.24) is 0 Å². The van der Waals surface area contributed by atoms with E-state index in [0.29, 0.717) is 72.7 Å². The Morgan fingerprint density at radius 3 is 1.35 bits per heavy atom. The largest absolute Gasteiger partial charge is 0.460 e. The highest BCUT2D eigenvalue weighted by molar-refractivity contribution is 5.69. The van der Waals surface area contributed by atoms with Crippen LogP contribution in [-0.2, 0) is 38.1 Å². The summed E-state index contributed by atoms with van der Waals surface area (Å²) in [4.78, 5) is 15.8. The normalized spacial score (nSPS) is 11.7. The zero-order valence-electron chi connectivity index (χ0n) is 16.3. The Morgan fingerprint density at radius 2 is 1.00 bits per heavy atom. The Hall–Kier alpha value is -0.810. The van der Waals surface area contributed by atoms with E-state index in [4.69, 9.17) is 34.3 Å². The molecule has 0 saturated heterocycles. The van der Waals surface area contributed by atoms with Crippen LogP contribution in [0.25, 0.3) is 0 Å². The zero-order valence-corrected chi connectivity index (χ0v) is 16.3. The van der Waals surface area contributed by atoms with E-state index >= 15 is 0 Å². The Bertz CT molecular complexity index is 322. The summed E-state index contributed by atoms with van der Waals surface area (Å²) >= 11 is 0. The van der Waals surface area contributed by atoms with Crippen LogP contribution in [0.5, 0.6) is 0 Å². The van der Waals surface area contributed by atoms with Gasteiger partial charge in [0.25, 0.3) is 0 Å². The molecule has 9 nitrogen and oxygen atoms in total. The van der Waals surface area contributed by atoms with Crippen LogP contribution in [0.3, 0.4) is 0 Å². The molecule has 0 atom stereocenters. The minimum atomic E-state index is -0.459. The summed E-state index contributed by atoms with van der Waals surface area (Å²) in [5.74, 6) is 4.60. The number of carbonyl (C=O) groups is 1. The summed E-state index contributed by atoms with van der Waals surface area (Å²) in [6.45, 7) is 10.5. The van der Waals surface area contributed by atoms with Gasteiger partial charge in [0.05, 0.1) is 79.1 Å². The van der Waals surface area contributed by atoms with Crippen molar-refractivity contribution in [1.29, 1.82) is 0 Å². The van der Waals surface area contributed by atoms with Gasteiger partial charge in [-0.2, -0.15) is 0 Å². The van der Waals surface area contributed by atoms with Gasteiger partial charge >= 0.3 is 5.97 Å². The molecule has 0 saturated carbocycles. The molecule has 0 aliphatic rings. The molecule has 0 aromatic heterocycles. The monoisotopic (exact) mass is 381 g/mol. The van der Waals surface area contributed by atoms with Crippen molar-refractivity contribution >= 4 is 5.97 Å². The SMILES string of the molecule is CC(C)(C)OC(=O)CCOCCOCCOCCOCCOCCON. The van der Waals surface area contributed by atoms with E-state index in [1.54, 1.807) is 0 Å². The van der Waals surface area contributed by atoms with Gasteiger partial charge in [-0.1, -0.05) is 0 Å². The predicted molar refractivity (Wildman–Crippen MR) is 94.7 cm³/mol. The van der Waals surface area contributed by atoms with Gasteiger partial charge in [0.15, 0.2) is 0 Å². The quantitative estimate of drug-likeness (QED) is 0.208. The number of rotatable bonds is 18. The Morgan fingerprint density at radius 1 is 0.654 bits per heavy atom. The van der Waals surface area contributed by atoms with Crippen LogP contribution in [0.4, 0.5) is 0 Å². The first kappa shape index (κ1) is 25.2. The smallest absolute Gasteiger partial charge is 0.308 e. The summed E-state index contributed by atoms with van der Waals surface area (Å²) in [7, 11) is 0. The molecule has 0 aliphatic heterocycles. The molecule has 9 heteroatoms. The molecule has 0 radical (unpaired) electrons. The number of hydrogen-bond acceptors (Lipinski definition) is 9. The van der Waals surface area contributed by atoms with Crippen LogP contribution in [0, 0.1) is 0 Å². The molecule has 0 amide bonds. The first-order valence-corrected chi connectivity index (χ1v) is 8.88. The lowest BCUT2D eigenvalue weighted by Crippen LogP contribution is -2.24. The highest BCUT2D eigenvalue weighted by Crippen LogP contribution is 2.07. The molecule has 0 heterocycles. The number of ether oxygens (including phenoxy) is 6.